The zero-order chi connectivity index (χ0) is 34.8. The number of ether oxygens (including phenoxy) is 1. The molecule has 1 aliphatic rings. The lowest BCUT2D eigenvalue weighted by atomic mass is 10.0. The first-order valence-electron chi connectivity index (χ1n) is 15.4. The minimum Gasteiger partial charge on any atom is -0.480 e. The quantitative estimate of drug-likeness (QED) is 0.156. The number of rotatable bonds is 14. The van der Waals surface area contributed by atoms with Crippen LogP contribution in [0.3, 0.4) is 0 Å². The standard InChI is InChI=1S/C30H52N6O9/c1-15(2)21(35-29(44)45-30(8,9)10)26(40)32-18(7)24(38)31-14-20(37)33-22(16(3)4)27(41)36-13-11-12-19(36)25(39)34-23(17(5)6)28(42)43/h15-19,21-23H,11-14H2,1-10H3,(H,31,38)(H,32,40)(H,33,37)(H,34,39)(H,35,44)(H,42,43)/t18-,19-,21-,22-,23-/m0/s1. The summed E-state index contributed by atoms with van der Waals surface area (Å²) < 4.78 is 5.21. The van der Waals surface area contributed by atoms with Crippen LogP contribution in [0.15, 0.2) is 0 Å². The average Bonchev–Trinajstić information content (AvgIpc) is 3.39. The zero-order valence-electron chi connectivity index (χ0n) is 28.1. The Balaban J connectivity index is 2.78. The van der Waals surface area contributed by atoms with Crippen LogP contribution in [0.1, 0.15) is 82.1 Å². The van der Waals surface area contributed by atoms with Gasteiger partial charge in [0, 0.05) is 6.54 Å². The molecule has 0 unspecified atom stereocenters. The molecule has 5 atom stereocenters. The third-order valence-electron chi connectivity index (χ3n) is 7.11. The number of alkyl carbamates (subject to hydrolysis) is 1. The number of hydrogen-bond donors (Lipinski definition) is 6. The molecule has 0 aliphatic carbocycles. The highest BCUT2D eigenvalue weighted by Crippen LogP contribution is 2.21. The number of carbonyl (C=O) groups is 7. The molecule has 15 nitrogen and oxygen atoms in total. The maximum absolute atomic E-state index is 13.5. The number of hydrogen-bond acceptors (Lipinski definition) is 8. The van der Waals surface area contributed by atoms with Crippen LogP contribution in [-0.4, -0.2) is 101 Å². The lowest BCUT2D eigenvalue weighted by Crippen LogP contribution is -2.58. The van der Waals surface area contributed by atoms with Crippen molar-refractivity contribution in [3.8, 4) is 0 Å². The Morgan fingerprint density at radius 1 is 0.778 bits per heavy atom. The minimum absolute atomic E-state index is 0.267. The molecule has 15 heteroatoms. The van der Waals surface area contributed by atoms with Gasteiger partial charge in [-0.1, -0.05) is 41.5 Å². The van der Waals surface area contributed by atoms with Crippen LogP contribution < -0.4 is 26.6 Å². The SMILES string of the molecule is CC(C)[C@H](NC(=O)[C@@H]1CCCN1C(=O)[C@@H](NC(=O)CNC(=O)[C@H](C)NC(=O)[C@@H](NC(=O)OC(C)(C)C)C(C)C)C(C)C)C(=O)O. The molecule has 1 saturated heterocycles. The molecular weight excluding hydrogens is 588 g/mol. The number of carbonyl (C=O) groups excluding carboxylic acids is 6. The van der Waals surface area contributed by atoms with E-state index in [1.54, 1.807) is 62.3 Å². The van der Waals surface area contributed by atoms with E-state index in [4.69, 9.17) is 4.74 Å². The Bertz CT molecular complexity index is 1100. The molecule has 0 spiro atoms. The van der Waals surface area contributed by atoms with Gasteiger partial charge in [-0.05, 0) is 58.3 Å². The van der Waals surface area contributed by atoms with Gasteiger partial charge in [0.1, 0.15) is 35.8 Å². The van der Waals surface area contributed by atoms with Crippen molar-refractivity contribution in [3.63, 3.8) is 0 Å². The van der Waals surface area contributed by atoms with Crippen molar-refractivity contribution in [3.05, 3.63) is 0 Å². The van der Waals surface area contributed by atoms with Gasteiger partial charge in [-0.2, -0.15) is 0 Å². The fourth-order valence-electron chi connectivity index (χ4n) is 4.64. The van der Waals surface area contributed by atoms with E-state index in [2.05, 4.69) is 26.6 Å². The van der Waals surface area contributed by atoms with Crippen molar-refractivity contribution >= 4 is 41.6 Å². The highest BCUT2D eigenvalue weighted by Gasteiger charge is 2.40. The largest absolute Gasteiger partial charge is 0.480 e. The molecule has 6 amide bonds. The molecule has 256 valence electrons. The smallest absolute Gasteiger partial charge is 0.408 e. The van der Waals surface area contributed by atoms with Crippen LogP contribution >= 0.6 is 0 Å². The number of carboxylic acids is 1. The number of aliphatic carboxylic acids is 1. The summed E-state index contributed by atoms with van der Waals surface area (Å²) in [5.41, 5.74) is -0.765. The minimum atomic E-state index is -1.17. The molecule has 0 bridgehead atoms. The third kappa shape index (κ3) is 12.5. The van der Waals surface area contributed by atoms with Crippen LogP contribution in [0, 0.1) is 17.8 Å². The van der Waals surface area contributed by atoms with Crippen LogP contribution in [0.5, 0.6) is 0 Å². The molecule has 1 rings (SSSR count). The Labute approximate surface area is 265 Å². The first-order valence-corrected chi connectivity index (χ1v) is 15.4. The van der Waals surface area contributed by atoms with Gasteiger partial charge in [-0.3, -0.25) is 24.0 Å². The van der Waals surface area contributed by atoms with Gasteiger partial charge in [-0.15, -0.1) is 0 Å². The van der Waals surface area contributed by atoms with Crippen molar-refractivity contribution in [2.24, 2.45) is 17.8 Å². The summed E-state index contributed by atoms with van der Waals surface area (Å²) in [4.78, 5) is 89.8. The van der Waals surface area contributed by atoms with E-state index < -0.39 is 84.0 Å². The Morgan fingerprint density at radius 2 is 1.33 bits per heavy atom. The number of likely N-dealkylation sites (tertiary alicyclic amines) is 1. The number of nitrogens with one attached hydrogen (secondary N) is 5. The van der Waals surface area contributed by atoms with Crippen molar-refractivity contribution in [1.82, 2.24) is 31.5 Å². The topological polar surface area (TPSA) is 212 Å². The van der Waals surface area contributed by atoms with Gasteiger partial charge in [0.05, 0.1) is 6.54 Å². The summed E-state index contributed by atoms with van der Waals surface area (Å²) in [6.45, 7) is 16.5. The second-order valence-corrected chi connectivity index (χ2v) is 13.4. The van der Waals surface area contributed by atoms with Crippen molar-refractivity contribution in [2.45, 2.75) is 118 Å². The molecule has 1 heterocycles. The van der Waals surface area contributed by atoms with E-state index in [9.17, 15) is 38.7 Å². The lowest BCUT2D eigenvalue weighted by molar-refractivity contribution is -0.146. The predicted molar refractivity (Wildman–Crippen MR) is 165 cm³/mol. The molecule has 1 aliphatic heterocycles. The average molecular weight is 641 g/mol. The van der Waals surface area contributed by atoms with Gasteiger partial charge in [0.25, 0.3) is 0 Å². The van der Waals surface area contributed by atoms with Gasteiger partial charge in [0.2, 0.25) is 29.5 Å². The third-order valence-corrected chi connectivity index (χ3v) is 7.11. The van der Waals surface area contributed by atoms with E-state index in [0.717, 1.165) is 0 Å². The number of amides is 6. The molecule has 0 aromatic carbocycles. The van der Waals surface area contributed by atoms with Crippen LogP contribution in [0.2, 0.25) is 0 Å². The fourth-order valence-corrected chi connectivity index (χ4v) is 4.64. The maximum Gasteiger partial charge on any atom is 0.408 e. The van der Waals surface area contributed by atoms with Gasteiger partial charge < -0.3 is 41.3 Å². The first-order chi connectivity index (χ1) is 20.7. The Kier molecular flexibility index (Phi) is 14.7. The highest BCUT2D eigenvalue weighted by molar-refractivity contribution is 5.96. The number of carboxylic acid groups (broad SMARTS) is 1. The molecule has 0 saturated carbocycles. The summed E-state index contributed by atoms with van der Waals surface area (Å²) in [5.74, 6) is -5.22. The molecular formula is C30H52N6O9. The number of nitrogens with zero attached hydrogens (tertiary/aromatic N) is 1. The first kappa shape index (κ1) is 39.1. The Morgan fingerprint density at radius 3 is 1.82 bits per heavy atom. The molecule has 0 aromatic heterocycles. The van der Waals surface area contributed by atoms with Crippen molar-refractivity contribution < 1.29 is 43.4 Å². The second-order valence-electron chi connectivity index (χ2n) is 13.4. The Hall–Kier alpha value is -3.91. The normalized spacial score (nSPS) is 17.6. The molecule has 1 fully saturated rings. The van der Waals surface area contributed by atoms with Crippen LogP contribution in [0.4, 0.5) is 4.79 Å². The summed E-state index contributed by atoms with van der Waals surface area (Å²) >= 11 is 0. The predicted octanol–water partition coefficient (Wildman–Crippen LogP) is 0.514. The highest BCUT2D eigenvalue weighted by atomic mass is 16.6. The van der Waals surface area contributed by atoms with Crippen LogP contribution in [0.25, 0.3) is 0 Å². The van der Waals surface area contributed by atoms with Crippen molar-refractivity contribution in [1.29, 1.82) is 0 Å². The summed E-state index contributed by atoms with van der Waals surface area (Å²) in [7, 11) is 0. The maximum atomic E-state index is 13.5. The monoisotopic (exact) mass is 640 g/mol. The van der Waals surface area contributed by atoms with Gasteiger partial charge in [-0.25, -0.2) is 9.59 Å². The molecule has 0 radical (unpaired) electrons. The van der Waals surface area contributed by atoms with E-state index in [1.807, 2.05) is 0 Å². The van der Waals surface area contributed by atoms with E-state index >= 15 is 0 Å². The molecule has 0 aromatic rings. The van der Waals surface area contributed by atoms with E-state index in [-0.39, 0.29) is 24.3 Å². The second kappa shape index (κ2) is 17.0. The fraction of sp³-hybridized carbons (Fsp3) is 0.767. The summed E-state index contributed by atoms with van der Waals surface area (Å²) in [6.07, 6.45) is 0.109. The summed E-state index contributed by atoms with van der Waals surface area (Å²) in [6, 6.07) is -5.03. The van der Waals surface area contributed by atoms with Gasteiger partial charge >= 0.3 is 12.1 Å². The summed E-state index contributed by atoms with van der Waals surface area (Å²) in [5, 5.41) is 22.0. The van der Waals surface area contributed by atoms with Gasteiger partial charge in [0.15, 0.2) is 0 Å². The van der Waals surface area contributed by atoms with Crippen LogP contribution in [-0.2, 0) is 33.5 Å². The molecule has 6 N–H and O–H groups in total. The van der Waals surface area contributed by atoms with E-state index in [1.165, 1.54) is 11.8 Å². The lowest BCUT2D eigenvalue weighted by Gasteiger charge is -2.31. The van der Waals surface area contributed by atoms with Crippen molar-refractivity contribution in [2.75, 3.05) is 13.1 Å². The molecule has 45 heavy (non-hydrogen) atoms. The zero-order valence-corrected chi connectivity index (χ0v) is 28.1. The van der Waals surface area contributed by atoms with E-state index in [0.29, 0.717) is 12.8 Å².